The Bertz CT molecular complexity index is 1030. The van der Waals surface area contributed by atoms with Crippen LogP contribution in [0.1, 0.15) is 86.0 Å². The average molecular weight is 633 g/mol. The van der Waals surface area contributed by atoms with Crippen molar-refractivity contribution in [1.29, 1.82) is 0 Å². The van der Waals surface area contributed by atoms with E-state index in [0.717, 1.165) is 48.2 Å². The van der Waals surface area contributed by atoms with Gasteiger partial charge in [0.1, 0.15) is 0 Å². The van der Waals surface area contributed by atoms with Gasteiger partial charge in [-0.05, 0) is 60.7 Å². The summed E-state index contributed by atoms with van der Waals surface area (Å²) < 4.78 is 18.6. The quantitative estimate of drug-likeness (QED) is 0.144. The predicted octanol–water partition coefficient (Wildman–Crippen LogP) is 6.29. The van der Waals surface area contributed by atoms with Crippen LogP contribution in [-0.4, -0.2) is 60.6 Å². The van der Waals surface area contributed by atoms with Crippen LogP contribution < -0.4 is 10.4 Å². The summed E-state index contributed by atoms with van der Waals surface area (Å²) >= 11 is 0. The first-order valence-electron chi connectivity index (χ1n) is 15.7. The molecule has 234 valence electrons. The van der Waals surface area contributed by atoms with Crippen molar-refractivity contribution < 1.29 is 24.1 Å². The topological polar surface area (TPSA) is 68.2 Å². The molecule has 4 atom stereocenters. The number of hydrogen-bond donors (Lipinski definition) is 2. The molecule has 2 N–H and O–H groups in total. The number of aliphatic hydroxyl groups is 2. The zero-order chi connectivity index (χ0) is 30.3. The third kappa shape index (κ3) is 8.87. The molecule has 4 unspecified atom stereocenters. The van der Waals surface area contributed by atoms with Crippen LogP contribution >= 0.6 is 21.6 Å². The van der Waals surface area contributed by atoms with Crippen LogP contribution in [0.5, 0.6) is 0 Å². The van der Waals surface area contributed by atoms with Crippen LogP contribution in [0.2, 0.25) is 0 Å². The predicted molar refractivity (Wildman–Crippen MR) is 180 cm³/mol. The summed E-state index contributed by atoms with van der Waals surface area (Å²) in [6.45, 7) is 12.1. The van der Waals surface area contributed by atoms with Gasteiger partial charge in [0.25, 0.3) is 0 Å². The summed E-state index contributed by atoms with van der Waals surface area (Å²) in [6.07, 6.45) is 5.99. The lowest BCUT2D eigenvalue weighted by Gasteiger charge is -2.48. The normalized spacial score (nSPS) is 23.9. The largest absolute Gasteiger partial charge is 0.389 e. The SMILES string of the molecule is CC(CCCC(C)(O)C1(CCC2(C(O)O[SiH](c3ccccc3)c3ccccc3)OCCO2)CCCSS1)CC(C)(C)C. The zero-order valence-corrected chi connectivity index (χ0v) is 29.0. The maximum Gasteiger partial charge on any atom is 0.243 e. The van der Waals surface area contributed by atoms with Crippen LogP contribution in [0.25, 0.3) is 0 Å². The van der Waals surface area contributed by atoms with Gasteiger partial charge < -0.3 is 24.1 Å². The van der Waals surface area contributed by atoms with Crippen molar-refractivity contribution in [2.75, 3.05) is 19.0 Å². The Morgan fingerprint density at radius 3 is 2.07 bits per heavy atom. The summed E-state index contributed by atoms with van der Waals surface area (Å²) in [4.78, 5) is 0. The van der Waals surface area contributed by atoms with Crippen LogP contribution in [0.4, 0.5) is 0 Å². The Balaban J connectivity index is 1.49. The van der Waals surface area contributed by atoms with Gasteiger partial charge in [-0.15, -0.1) is 0 Å². The highest BCUT2D eigenvalue weighted by Gasteiger charge is 2.53. The minimum absolute atomic E-state index is 0.320. The van der Waals surface area contributed by atoms with Gasteiger partial charge >= 0.3 is 0 Å². The molecule has 2 heterocycles. The van der Waals surface area contributed by atoms with Crippen molar-refractivity contribution in [3.8, 4) is 0 Å². The molecule has 2 aromatic rings. The van der Waals surface area contributed by atoms with E-state index in [-0.39, 0.29) is 4.75 Å². The van der Waals surface area contributed by atoms with Gasteiger partial charge in [-0.3, -0.25) is 0 Å². The Kier molecular flexibility index (Phi) is 12.1. The Morgan fingerprint density at radius 2 is 1.55 bits per heavy atom. The molecule has 5 nitrogen and oxygen atoms in total. The van der Waals surface area contributed by atoms with Gasteiger partial charge in [-0.2, -0.15) is 0 Å². The van der Waals surface area contributed by atoms with Gasteiger partial charge in [0.05, 0.1) is 23.6 Å². The van der Waals surface area contributed by atoms with E-state index in [1.165, 1.54) is 6.42 Å². The van der Waals surface area contributed by atoms with Crippen LogP contribution in [0.3, 0.4) is 0 Å². The lowest BCUT2D eigenvalue weighted by molar-refractivity contribution is -0.279. The fourth-order valence-electron chi connectivity index (χ4n) is 6.67. The molecule has 0 saturated carbocycles. The molecule has 2 aliphatic rings. The highest BCUT2D eigenvalue weighted by molar-refractivity contribution is 8.77. The summed E-state index contributed by atoms with van der Waals surface area (Å²) in [5.41, 5.74) is -0.524. The second-order valence-corrected chi connectivity index (χ2v) is 18.9. The maximum atomic E-state index is 12.1. The van der Waals surface area contributed by atoms with Gasteiger partial charge in [-0.1, -0.05) is 123 Å². The first-order valence-corrected chi connectivity index (χ1v) is 19.6. The van der Waals surface area contributed by atoms with E-state index in [1.54, 1.807) is 0 Å². The first-order chi connectivity index (χ1) is 20.0. The molecule has 8 heteroatoms. The van der Waals surface area contributed by atoms with Crippen LogP contribution in [0, 0.1) is 11.3 Å². The molecular formula is C34H52O5S2Si. The first kappa shape index (κ1) is 34.0. The van der Waals surface area contributed by atoms with E-state index < -0.39 is 26.7 Å². The fourth-order valence-corrected chi connectivity index (χ4v) is 12.6. The summed E-state index contributed by atoms with van der Waals surface area (Å²) in [5.74, 6) is 0.477. The van der Waals surface area contributed by atoms with Gasteiger partial charge in [0.15, 0.2) is 0 Å². The average Bonchev–Trinajstić information content (AvgIpc) is 3.45. The summed E-state index contributed by atoms with van der Waals surface area (Å²) in [7, 11) is 1.46. The van der Waals surface area contributed by atoms with E-state index in [0.29, 0.717) is 37.4 Å². The number of ether oxygens (including phenoxy) is 2. The van der Waals surface area contributed by atoms with Crippen LogP contribution in [-0.2, 0) is 13.9 Å². The maximum absolute atomic E-state index is 12.1. The standard InChI is InChI=1S/C34H52O5S2Si/c1-27(26-31(2,3)4)14-12-19-32(5,36)33(20-13-25-40-41-33)21-22-34(37-23-24-38-34)30(35)39-42(28-15-8-6-9-16-28)29-17-10-7-11-18-29/h6-11,15-18,27,30,35-36,42H,12-14,19-26H2,1-5H3. The molecule has 4 rings (SSSR count). The van der Waals surface area contributed by atoms with E-state index >= 15 is 0 Å². The van der Waals surface area contributed by atoms with Crippen molar-refractivity contribution in [1.82, 2.24) is 0 Å². The molecule has 0 aliphatic carbocycles. The molecule has 0 amide bonds. The fraction of sp³-hybridized carbons (Fsp3) is 0.647. The summed E-state index contributed by atoms with van der Waals surface area (Å²) in [6, 6.07) is 20.3. The minimum Gasteiger partial charge on any atom is -0.389 e. The van der Waals surface area contributed by atoms with Crippen LogP contribution in [0.15, 0.2) is 60.7 Å². The molecule has 2 saturated heterocycles. The lowest BCUT2D eigenvalue weighted by Crippen LogP contribution is -2.56. The summed E-state index contributed by atoms with van der Waals surface area (Å²) in [5, 5.41) is 25.9. The van der Waals surface area contributed by atoms with Gasteiger partial charge in [0, 0.05) is 12.2 Å². The number of aliphatic hydroxyl groups excluding tert-OH is 1. The molecule has 2 fully saturated rings. The Morgan fingerprint density at radius 1 is 0.952 bits per heavy atom. The lowest BCUT2D eigenvalue weighted by atomic mass is 9.76. The van der Waals surface area contributed by atoms with E-state index in [1.807, 2.05) is 64.9 Å². The van der Waals surface area contributed by atoms with E-state index in [4.69, 9.17) is 13.9 Å². The molecule has 0 spiro atoms. The number of rotatable bonds is 14. The van der Waals surface area contributed by atoms with Crippen molar-refractivity contribution in [2.45, 2.75) is 108 Å². The second-order valence-electron chi connectivity index (χ2n) is 13.7. The van der Waals surface area contributed by atoms with Crippen molar-refractivity contribution >= 4 is 41.0 Å². The molecule has 2 aliphatic heterocycles. The molecule has 0 radical (unpaired) electrons. The Labute approximate surface area is 263 Å². The van der Waals surface area contributed by atoms with E-state index in [9.17, 15) is 10.2 Å². The molecular weight excluding hydrogens is 581 g/mol. The smallest absolute Gasteiger partial charge is 0.243 e. The number of benzene rings is 2. The molecule has 42 heavy (non-hydrogen) atoms. The van der Waals surface area contributed by atoms with E-state index in [2.05, 4.69) is 52.0 Å². The third-order valence-corrected chi connectivity index (χ3v) is 14.9. The van der Waals surface area contributed by atoms with Crippen molar-refractivity contribution in [3.05, 3.63) is 60.7 Å². The molecule has 2 aromatic carbocycles. The van der Waals surface area contributed by atoms with Crippen molar-refractivity contribution in [2.24, 2.45) is 11.3 Å². The minimum atomic E-state index is -2.23. The third-order valence-electron chi connectivity index (χ3n) is 8.83. The zero-order valence-electron chi connectivity index (χ0n) is 26.2. The second kappa shape index (κ2) is 15.0. The van der Waals surface area contributed by atoms with Crippen molar-refractivity contribution in [3.63, 3.8) is 0 Å². The highest BCUT2D eigenvalue weighted by Crippen LogP contribution is 2.55. The monoisotopic (exact) mass is 632 g/mol. The highest BCUT2D eigenvalue weighted by atomic mass is 33.1. The molecule has 0 bridgehead atoms. The Hall–Kier alpha value is -0.843. The van der Waals surface area contributed by atoms with Gasteiger partial charge in [-0.25, -0.2) is 0 Å². The number of hydrogen-bond acceptors (Lipinski definition) is 7. The molecule has 0 aromatic heterocycles. The van der Waals surface area contributed by atoms with Gasteiger partial charge in [0.2, 0.25) is 21.1 Å².